The Kier molecular flexibility index (Phi) is 5.92. The van der Waals surface area contributed by atoms with Crippen LogP contribution in [0.3, 0.4) is 0 Å². The van der Waals surface area contributed by atoms with Crippen molar-refractivity contribution in [1.29, 1.82) is 0 Å². The summed E-state index contributed by atoms with van der Waals surface area (Å²) in [5.41, 5.74) is 7.35. The van der Waals surface area contributed by atoms with Crippen LogP contribution in [0.4, 0.5) is 0 Å². The van der Waals surface area contributed by atoms with Gasteiger partial charge in [0.1, 0.15) is 5.75 Å². The van der Waals surface area contributed by atoms with Crippen LogP contribution in [0.2, 0.25) is 0 Å². The maximum Gasteiger partial charge on any atom is 0.123 e. The number of hydrogen-bond acceptors (Lipinski definition) is 4. The largest absolute Gasteiger partial charge is 0.496 e. The van der Waals surface area contributed by atoms with E-state index in [2.05, 4.69) is 21.9 Å². The van der Waals surface area contributed by atoms with E-state index in [4.69, 9.17) is 10.5 Å². The first-order valence-corrected chi connectivity index (χ1v) is 9.14. The lowest BCUT2D eigenvalue weighted by Crippen LogP contribution is -2.52. The molecule has 2 fully saturated rings. The summed E-state index contributed by atoms with van der Waals surface area (Å²) in [6.45, 7) is 5.21. The third kappa shape index (κ3) is 3.87. The molecule has 1 unspecified atom stereocenters. The highest BCUT2D eigenvalue weighted by atomic mass is 16.5. The second-order valence-corrected chi connectivity index (χ2v) is 6.86. The van der Waals surface area contributed by atoms with Gasteiger partial charge in [0, 0.05) is 44.3 Å². The molecule has 0 amide bonds. The summed E-state index contributed by atoms with van der Waals surface area (Å²) >= 11 is 0. The van der Waals surface area contributed by atoms with Crippen LogP contribution in [0.25, 0.3) is 0 Å². The molecule has 0 radical (unpaired) electrons. The van der Waals surface area contributed by atoms with E-state index in [9.17, 15) is 0 Å². The monoisotopic (exact) mass is 317 g/mol. The lowest BCUT2D eigenvalue weighted by Gasteiger charge is -2.43. The number of nitrogens with two attached hydrogens (primary N) is 1. The Balaban J connectivity index is 1.63. The molecule has 23 heavy (non-hydrogen) atoms. The normalized spacial score (nSPS) is 22.9. The van der Waals surface area contributed by atoms with Crippen molar-refractivity contribution in [2.24, 2.45) is 5.73 Å². The van der Waals surface area contributed by atoms with Crippen LogP contribution < -0.4 is 10.5 Å². The van der Waals surface area contributed by atoms with Crippen molar-refractivity contribution in [2.45, 2.75) is 44.2 Å². The van der Waals surface area contributed by atoms with E-state index < -0.39 is 0 Å². The molecule has 1 saturated heterocycles. The first-order chi connectivity index (χ1) is 11.3. The van der Waals surface area contributed by atoms with Crippen LogP contribution in [0.5, 0.6) is 5.75 Å². The van der Waals surface area contributed by atoms with E-state index in [0.29, 0.717) is 6.54 Å². The standard InChI is InChI=1S/C19H31N3O/c1-23-19-10-6-5-9-17(19)18(15-20)22-13-11-21(12-14-22)16-7-3-2-4-8-16/h5-6,9-10,16,18H,2-4,7-8,11-15,20H2,1H3. The molecule has 2 N–H and O–H groups in total. The molecule has 3 rings (SSSR count). The van der Waals surface area contributed by atoms with Gasteiger partial charge in [-0.05, 0) is 18.9 Å². The highest BCUT2D eigenvalue weighted by Gasteiger charge is 2.29. The molecule has 0 bridgehead atoms. The van der Waals surface area contributed by atoms with Crippen molar-refractivity contribution in [3.05, 3.63) is 29.8 Å². The average molecular weight is 317 g/mol. The molecule has 1 aliphatic heterocycles. The smallest absolute Gasteiger partial charge is 0.123 e. The van der Waals surface area contributed by atoms with Crippen LogP contribution >= 0.6 is 0 Å². The van der Waals surface area contributed by atoms with Crippen LogP contribution in [0.15, 0.2) is 24.3 Å². The number of ether oxygens (including phenoxy) is 1. The Hall–Kier alpha value is -1.10. The van der Waals surface area contributed by atoms with E-state index in [1.807, 2.05) is 12.1 Å². The van der Waals surface area contributed by atoms with Gasteiger partial charge in [-0.25, -0.2) is 0 Å². The second-order valence-electron chi connectivity index (χ2n) is 6.86. The maximum atomic E-state index is 6.13. The summed E-state index contributed by atoms with van der Waals surface area (Å²) in [5.74, 6) is 0.956. The minimum absolute atomic E-state index is 0.264. The number of methoxy groups -OCH3 is 1. The minimum Gasteiger partial charge on any atom is -0.496 e. The minimum atomic E-state index is 0.264. The molecule has 2 aliphatic rings. The lowest BCUT2D eigenvalue weighted by atomic mass is 9.93. The molecule has 4 heteroatoms. The summed E-state index contributed by atoms with van der Waals surface area (Å²) in [7, 11) is 1.74. The molecule has 4 nitrogen and oxygen atoms in total. The van der Waals surface area contributed by atoms with Gasteiger partial charge >= 0.3 is 0 Å². The van der Waals surface area contributed by atoms with Gasteiger partial charge in [-0.1, -0.05) is 37.5 Å². The predicted molar refractivity (Wildman–Crippen MR) is 94.8 cm³/mol. The second kappa shape index (κ2) is 8.13. The summed E-state index contributed by atoms with van der Waals surface area (Å²) in [4.78, 5) is 5.25. The molecule has 1 saturated carbocycles. The van der Waals surface area contributed by atoms with E-state index >= 15 is 0 Å². The van der Waals surface area contributed by atoms with Gasteiger partial charge in [-0.2, -0.15) is 0 Å². The average Bonchev–Trinajstić information content (AvgIpc) is 2.64. The van der Waals surface area contributed by atoms with Gasteiger partial charge in [0.05, 0.1) is 13.2 Å². The van der Waals surface area contributed by atoms with Crippen molar-refractivity contribution in [3.8, 4) is 5.75 Å². The molecule has 0 spiro atoms. The zero-order valence-electron chi connectivity index (χ0n) is 14.4. The molecule has 0 aromatic heterocycles. The van der Waals surface area contributed by atoms with Gasteiger partial charge in [0.2, 0.25) is 0 Å². The number of piperazine rings is 1. The Morgan fingerprint density at radius 3 is 2.43 bits per heavy atom. The van der Waals surface area contributed by atoms with Crippen molar-refractivity contribution in [1.82, 2.24) is 9.80 Å². The number of hydrogen-bond donors (Lipinski definition) is 1. The van der Waals surface area contributed by atoms with Crippen molar-refractivity contribution < 1.29 is 4.74 Å². The molecule has 1 atom stereocenters. The van der Waals surface area contributed by atoms with Crippen molar-refractivity contribution in [3.63, 3.8) is 0 Å². The molecule has 1 aromatic carbocycles. The predicted octanol–water partition coefficient (Wildman–Crippen LogP) is 2.65. The maximum absolute atomic E-state index is 6.13. The van der Waals surface area contributed by atoms with E-state index in [1.54, 1.807) is 7.11 Å². The summed E-state index contributed by atoms with van der Waals surface area (Å²) in [5, 5.41) is 0. The van der Waals surface area contributed by atoms with Crippen LogP contribution in [-0.4, -0.2) is 55.7 Å². The fourth-order valence-corrected chi connectivity index (χ4v) is 4.27. The number of rotatable bonds is 5. The van der Waals surface area contributed by atoms with Gasteiger partial charge in [0.15, 0.2) is 0 Å². The first-order valence-electron chi connectivity index (χ1n) is 9.14. The number of nitrogens with zero attached hydrogens (tertiary/aromatic N) is 2. The highest BCUT2D eigenvalue weighted by molar-refractivity contribution is 5.36. The summed E-state index contributed by atoms with van der Waals surface area (Å²) in [6.07, 6.45) is 7.05. The number of benzene rings is 1. The highest BCUT2D eigenvalue weighted by Crippen LogP contribution is 2.30. The quantitative estimate of drug-likeness (QED) is 0.906. The van der Waals surface area contributed by atoms with Gasteiger partial charge in [0.25, 0.3) is 0 Å². The zero-order valence-corrected chi connectivity index (χ0v) is 14.4. The van der Waals surface area contributed by atoms with Crippen LogP contribution in [-0.2, 0) is 0 Å². The molecule has 1 aliphatic carbocycles. The molecular weight excluding hydrogens is 286 g/mol. The topological polar surface area (TPSA) is 41.7 Å². The third-order valence-corrected chi connectivity index (χ3v) is 5.60. The van der Waals surface area contributed by atoms with E-state index in [-0.39, 0.29) is 6.04 Å². The Morgan fingerprint density at radius 1 is 1.09 bits per heavy atom. The van der Waals surface area contributed by atoms with Gasteiger partial charge in [-0.3, -0.25) is 9.80 Å². The molecule has 1 heterocycles. The summed E-state index contributed by atoms with van der Waals surface area (Å²) in [6, 6.07) is 9.39. The Labute approximate surface area is 140 Å². The Morgan fingerprint density at radius 2 is 1.78 bits per heavy atom. The van der Waals surface area contributed by atoms with E-state index in [0.717, 1.165) is 24.9 Å². The number of para-hydroxylation sites is 1. The molecular formula is C19H31N3O. The zero-order chi connectivity index (χ0) is 16.1. The van der Waals surface area contributed by atoms with Gasteiger partial charge < -0.3 is 10.5 Å². The van der Waals surface area contributed by atoms with Crippen LogP contribution in [0.1, 0.15) is 43.7 Å². The lowest BCUT2D eigenvalue weighted by molar-refractivity contribution is 0.0574. The van der Waals surface area contributed by atoms with E-state index in [1.165, 1.54) is 50.8 Å². The van der Waals surface area contributed by atoms with Crippen LogP contribution in [0, 0.1) is 0 Å². The Bertz CT molecular complexity index is 479. The van der Waals surface area contributed by atoms with Crippen molar-refractivity contribution >= 4 is 0 Å². The fourth-order valence-electron chi connectivity index (χ4n) is 4.27. The SMILES string of the molecule is COc1ccccc1C(CN)N1CCN(C2CCCCC2)CC1. The fraction of sp³-hybridized carbons (Fsp3) is 0.684. The molecule has 1 aromatic rings. The summed E-state index contributed by atoms with van der Waals surface area (Å²) < 4.78 is 5.54. The first kappa shape index (κ1) is 16.7. The van der Waals surface area contributed by atoms with Crippen molar-refractivity contribution in [2.75, 3.05) is 39.8 Å². The van der Waals surface area contributed by atoms with Gasteiger partial charge in [-0.15, -0.1) is 0 Å². The molecule has 128 valence electrons. The third-order valence-electron chi connectivity index (χ3n) is 5.60.